The van der Waals surface area contributed by atoms with Gasteiger partial charge in [-0.25, -0.2) is 0 Å². The molecule has 13 heavy (non-hydrogen) atoms. The summed E-state index contributed by atoms with van der Waals surface area (Å²) in [4.78, 5) is 22.7. The van der Waals surface area contributed by atoms with Crippen LogP contribution in [0, 0.1) is 5.41 Å². The molecule has 0 aromatic carbocycles. The third-order valence-corrected chi connectivity index (χ3v) is 2.20. The van der Waals surface area contributed by atoms with Crippen molar-refractivity contribution in [3.05, 3.63) is 0 Å². The molecule has 0 heterocycles. The third kappa shape index (κ3) is 1.88. The average Bonchev–Trinajstić information content (AvgIpc) is 2.82. The van der Waals surface area contributed by atoms with Gasteiger partial charge in [0.1, 0.15) is 5.41 Å². The molecule has 1 fully saturated rings. The van der Waals surface area contributed by atoms with Crippen molar-refractivity contribution in [3.63, 3.8) is 0 Å². The van der Waals surface area contributed by atoms with E-state index < -0.39 is 11.4 Å². The number of ketones is 1. The highest BCUT2D eigenvalue weighted by atomic mass is 16.5. The van der Waals surface area contributed by atoms with E-state index >= 15 is 0 Å². The van der Waals surface area contributed by atoms with Crippen LogP contribution in [-0.4, -0.2) is 24.4 Å². The summed E-state index contributed by atoms with van der Waals surface area (Å²) in [6.07, 6.45) is 1.01. The molecule has 1 aliphatic carbocycles. The van der Waals surface area contributed by atoms with Gasteiger partial charge in [0.2, 0.25) is 0 Å². The Morgan fingerprint density at radius 3 is 2.31 bits per heavy atom. The third-order valence-electron chi connectivity index (χ3n) is 2.20. The Morgan fingerprint density at radius 1 is 1.46 bits per heavy atom. The molecule has 0 aromatic heterocycles. The van der Waals surface area contributed by atoms with Gasteiger partial charge >= 0.3 is 5.97 Å². The van der Waals surface area contributed by atoms with Crippen molar-refractivity contribution in [2.75, 3.05) is 6.54 Å². The first kappa shape index (κ1) is 10.2. The van der Waals surface area contributed by atoms with Gasteiger partial charge in [-0.15, -0.1) is 0 Å². The van der Waals surface area contributed by atoms with E-state index in [0.717, 1.165) is 0 Å². The highest BCUT2D eigenvalue weighted by Crippen LogP contribution is 2.47. The number of ether oxygens (including phenoxy) is 1. The van der Waals surface area contributed by atoms with Gasteiger partial charge in [0.25, 0.3) is 0 Å². The number of esters is 1. The molecule has 0 saturated heterocycles. The predicted octanol–water partition coefficient (Wildman–Crippen LogP) is 0.246. The monoisotopic (exact) mass is 185 g/mol. The molecule has 4 heteroatoms. The van der Waals surface area contributed by atoms with Crippen molar-refractivity contribution in [2.24, 2.45) is 11.1 Å². The summed E-state index contributed by atoms with van der Waals surface area (Å²) in [5, 5.41) is 0. The topological polar surface area (TPSA) is 69.4 Å². The van der Waals surface area contributed by atoms with Gasteiger partial charge in [-0.1, -0.05) is 0 Å². The summed E-state index contributed by atoms with van der Waals surface area (Å²) in [6, 6.07) is 0. The number of nitrogens with two attached hydrogens (primary N) is 1. The molecule has 74 valence electrons. The first-order valence-corrected chi connectivity index (χ1v) is 4.47. The number of carbonyl (C=O) groups is 2. The van der Waals surface area contributed by atoms with Crippen LogP contribution >= 0.6 is 0 Å². The number of hydrogen-bond donors (Lipinski definition) is 1. The van der Waals surface area contributed by atoms with Gasteiger partial charge in [0.15, 0.2) is 5.78 Å². The van der Waals surface area contributed by atoms with Crippen LogP contribution in [0.2, 0.25) is 0 Å². The molecule has 0 unspecified atom stereocenters. The maximum atomic E-state index is 11.4. The fourth-order valence-corrected chi connectivity index (χ4v) is 1.24. The molecule has 0 radical (unpaired) electrons. The number of carbonyl (C=O) groups excluding carboxylic acids is 2. The molecule has 0 bridgehead atoms. The zero-order chi connectivity index (χ0) is 10.1. The van der Waals surface area contributed by atoms with Gasteiger partial charge in [-0.3, -0.25) is 9.59 Å². The van der Waals surface area contributed by atoms with E-state index in [4.69, 9.17) is 10.5 Å². The van der Waals surface area contributed by atoms with Crippen molar-refractivity contribution in [3.8, 4) is 0 Å². The molecule has 0 atom stereocenters. The molecule has 0 aromatic rings. The molecular weight excluding hydrogens is 170 g/mol. The summed E-state index contributed by atoms with van der Waals surface area (Å²) in [6.45, 7) is 3.45. The summed E-state index contributed by atoms with van der Waals surface area (Å²) >= 11 is 0. The quantitative estimate of drug-likeness (QED) is 0.503. The van der Waals surface area contributed by atoms with Crippen molar-refractivity contribution in [1.82, 2.24) is 0 Å². The smallest absolute Gasteiger partial charge is 0.319 e. The summed E-state index contributed by atoms with van der Waals surface area (Å²) in [7, 11) is 0. The normalized spacial score (nSPS) is 18.5. The Balaban J connectivity index is 2.60. The average molecular weight is 185 g/mol. The summed E-state index contributed by atoms with van der Waals surface area (Å²) in [5.74, 6) is -0.601. The van der Waals surface area contributed by atoms with Gasteiger partial charge in [0, 0.05) is 0 Å². The van der Waals surface area contributed by atoms with Crippen LogP contribution in [0.4, 0.5) is 0 Å². The van der Waals surface area contributed by atoms with Crippen molar-refractivity contribution in [1.29, 1.82) is 0 Å². The van der Waals surface area contributed by atoms with Gasteiger partial charge < -0.3 is 10.5 Å². The highest BCUT2D eigenvalue weighted by Gasteiger charge is 2.56. The molecular formula is C9H15NO3. The van der Waals surface area contributed by atoms with Crippen LogP contribution in [0.15, 0.2) is 0 Å². The number of hydrogen-bond acceptors (Lipinski definition) is 4. The minimum Gasteiger partial charge on any atom is -0.462 e. The van der Waals surface area contributed by atoms with Crippen LogP contribution in [0.1, 0.15) is 26.7 Å². The number of rotatable bonds is 4. The van der Waals surface area contributed by atoms with Gasteiger partial charge in [-0.05, 0) is 26.7 Å². The molecule has 1 aliphatic rings. The van der Waals surface area contributed by atoms with Crippen molar-refractivity contribution >= 4 is 11.8 Å². The van der Waals surface area contributed by atoms with Crippen LogP contribution in [0.5, 0.6) is 0 Å². The first-order valence-electron chi connectivity index (χ1n) is 4.47. The van der Waals surface area contributed by atoms with Crippen molar-refractivity contribution < 1.29 is 14.3 Å². The van der Waals surface area contributed by atoms with Gasteiger partial charge in [0.05, 0.1) is 12.6 Å². The maximum absolute atomic E-state index is 11.4. The molecule has 0 aliphatic heterocycles. The van der Waals surface area contributed by atoms with E-state index in [0.29, 0.717) is 12.8 Å². The molecule has 0 spiro atoms. The summed E-state index contributed by atoms with van der Waals surface area (Å²) < 4.78 is 4.99. The molecule has 4 nitrogen and oxygen atoms in total. The van der Waals surface area contributed by atoms with Crippen LogP contribution in [-0.2, 0) is 14.3 Å². The van der Waals surface area contributed by atoms with E-state index in [1.54, 1.807) is 13.8 Å². The van der Waals surface area contributed by atoms with Crippen LogP contribution < -0.4 is 5.73 Å². The lowest BCUT2D eigenvalue weighted by molar-refractivity contribution is -0.157. The van der Waals surface area contributed by atoms with Crippen LogP contribution in [0.3, 0.4) is 0 Å². The second kappa shape index (κ2) is 3.46. The molecule has 1 rings (SSSR count). The lowest BCUT2D eigenvalue weighted by atomic mass is 10.0. The molecule has 0 amide bonds. The number of Topliss-reactive ketones (excluding diaryl/α,β-unsaturated/α-hetero) is 1. The first-order chi connectivity index (χ1) is 6.03. The largest absolute Gasteiger partial charge is 0.462 e. The maximum Gasteiger partial charge on any atom is 0.319 e. The fraction of sp³-hybridized carbons (Fsp3) is 0.778. The van der Waals surface area contributed by atoms with E-state index in [-0.39, 0.29) is 18.4 Å². The van der Waals surface area contributed by atoms with E-state index in [1.807, 2.05) is 0 Å². The SMILES string of the molecule is CC(C)OC(=O)C1(C(=O)CN)CC1. The fourth-order valence-electron chi connectivity index (χ4n) is 1.24. The minimum atomic E-state index is -0.876. The Labute approximate surface area is 77.4 Å². The zero-order valence-corrected chi connectivity index (χ0v) is 8.00. The summed E-state index contributed by atoms with van der Waals surface area (Å²) in [5.41, 5.74) is 4.33. The second-order valence-corrected chi connectivity index (χ2v) is 3.66. The van der Waals surface area contributed by atoms with E-state index in [9.17, 15) is 9.59 Å². The van der Waals surface area contributed by atoms with E-state index in [2.05, 4.69) is 0 Å². The standard InChI is InChI=1S/C9H15NO3/c1-6(2)13-8(12)9(3-4-9)7(11)5-10/h6H,3-5,10H2,1-2H3. The minimum absolute atomic E-state index is 0.0762. The van der Waals surface area contributed by atoms with Gasteiger partial charge in [-0.2, -0.15) is 0 Å². The Kier molecular flexibility index (Phi) is 2.71. The Bertz CT molecular complexity index is 231. The molecule has 1 saturated carbocycles. The second-order valence-electron chi connectivity index (χ2n) is 3.66. The zero-order valence-electron chi connectivity index (χ0n) is 8.00. The Hall–Kier alpha value is -0.900. The lowest BCUT2D eigenvalue weighted by Crippen LogP contribution is -2.34. The highest BCUT2D eigenvalue weighted by molar-refractivity contribution is 6.07. The van der Waals surface area contributed by atoms with Crippen molar-refractivity contribution in [2.45, 2.75) is 32.8 Å². The van der Waals surface area contributed by atoms with Crippen LogP contribution in [0.25, 0.3) is 0 Å². The molecule has 2 N–H and O–H groups in total. The lowest BCUT2D eigenvalue weighted by Gasteiger charge is -2.14. The Morgan fingerprint density at radius 2 is 2.00 bits per heavy atom. The predicted molar refractivity (Wildman–Crippen MR) is 47.0 cm³/mol. The van der Waals surface area contributed by atoms with E-state index in [1.165, 1.54) is 0 Å².